The van der Waals surface area contributed by atoms with Gasteiger partial charge in [0.05, 0.1) is 6.61 Å². The lowest BCUT2D eigenvalue weighted by Gasteiger charge is -2.32. The van der Waals surface area contributed by atoms with Crippen molar-refractivity contribution in [2.75, 3.05) is 6.61 Å². The third kappa shape index (κ3) is 1.84. The second kappa shape index (κ2) is 4.29. The van der Waals surface area contributed by atoms with E-state index in [-0.39, 0.29) is 6.61 Å². The topological polar surface area (TPSA) is 82.1 Å². The summed E-state index contributed by atoms with van der Waals surface area (Å²) >= 11 is 0. The first kappa shape index (κ1) is 12.1. The Hall–Kier alpha value is -0.980. The summed E-state index contributed by atoms with van der Waals surface area (Å²) in [6.45, 7) is 0.252. The Labute approximate surface area is 104 Å². The van der Waals surface area contributed by atoms with Gasteiger partial charge in [-0.25, -0.2) is 4.79 Å². The van der Waals surface area contributed by atoms with Crippen LogP contribution in [0.15, 0.2) is 0 Å². The molecule has 1 spiro atoms. The normalized spacial score (nSPS) is 39.3. The molecule has 1 saturated carbocycles. The molecule has 0 bridgehead atoms. The first-order valence-corrected chi connectivity index (χ1v) is 6.36. The number of Topliss-reactive ketones (excluding diaryl/α,β-unsaturated/α-hetero) is 1. The number of aliphatic hydroxyl groups excluding tert-OH is 1. The van der Waals surface area contributed by atoms with Gasteiger partial charge in [-0.15, -0.1) is 0 Å². The SMILES string of the molecule is O=C1O[C@H]([C@@H]2COC3(CCCCC3)O2)C(O)C1=O. The van der Waals surface area contributed by atoms with Crippen molar-refractivity contribution in [2.45, 2.75) is 56.2 Å². The number of ether oxygens (including phenoxy) is 3. The Balaban J connectivity index is 1.69. The first-order chi connectivity index (χ1) is 8.61. The molecule has 3 rings (SSSR count). The van der Waals surface area contributed by atoms with E-state index < -0.39 is 35.9 Å². The van der Waals surface area contributed by atoms with E-state index in [0.717, 1.165) is 25.7 Å². The molecule has 3 fully saturated rings. The van der Waals surface area contributed by atoms with Gasteiger partial charge < -0.3 is 19.3 Å². The molecular formula is C12H16O6. The minimum absolute atomic E-state index is 0.252. The number of esters is 1. The lowest BCUT2D eigenvalue weighted by Crippen LogP contribution is -2.40. The van der Waals surface area contributed by atoms with Crippen LogP contribution >= 0.6 is 0 Å². The van der Waals surface area contributed by atoms with Gasteiger partial charge >= 0.3 is 5.97 Å². The minimum Gasteiger partial charge on any atom is -0.450 e. The van der Waals surface area contributed by atoms with Crippen LogP contribution in [0.25, 0.3) is 0 Å². The average molecular weight is 256 g/mol. The van der Waals surface area contributed by atoms with Crippen molar-refractivity contribution >= 4 is 11.8 Å². The molecule has 1 unspecified atom stereocenters. The van der Waals surface area contributed by atoms with Crippen LogP contribution < -0.4 is 0 Å². The molecule has 0 radical (unpaired) electrons. The Morgan fingerprint density at radius 3 is 2.50 bits per heavy atom. The number of rotatable bonds is 1. The Morgan fingerprint density at radius 2 is 1.89 bits per heavy atom. The molecule has 3 atom stereocenters. The predicted molar refractivity (Wildman–Crippen MR) is 57.5 cm³/mol. The van der Waals surface area contributed by atoms with Gasteiger partial charge in [-0.05, 0) is 12.8 Å². The third-order valence-corrected chi connectivity index (χ3v) is 3.88. The van der Waals surface area contributed by atoms with Gasteiger partial charge in [0.2, 0.25) is 0 Å². The van der Waals surface area contributed by atoms with Crippen LogP contribution in [0, 0.1) is 0 Å². The summed E-state index contributed by atoms with van der Waals surface area (Å²) < 4.78 is 16.4. The molecule has 2 saturated heterocycles. The lowest BCUT2D eigenvalue weighted by atomic mass is 9.94. The molecule has 0 aromatic heterocycles. The maximum Gasteiger partial charge on any atom is 0.378 e. The molecule has 0 aromatic rings. The molecule has 0 aromatic carbocycles. The van der Waals surface area contributed by atoms with Crippen LogP contribution in [-0.4, -0.2) is 47.6 Å². The standard InChI is InChI=1S/C12H16O6/c13-8-9(14)11(15)17-10(8)7-6-16-12(18-7)4-2-1-3-5-12/h7-8,10,13H,1-6H2/t7-,8?,10+/m0/s1. The minimum atomic E-state index is -1.43. The number of hydrogen-bond donors (Lipinski definition) is 1. The molecule has 6 nitrogen and oxygen atoms in total. The number of aliphatic hydroxyl groups is 1. The summed E-state index contributed by atoms with van der Waals surface area (Å²) in [5, 5.41) is 9.64. The molecular weight excluding hydrogens is 240 g/mol. The number of cyclic esters (lactones) is 1. The summed E-state index contributed by atoms with van der Waals surface area (Å²) in [4.78, 5) is 22.3. The van der Waals surface area contributed by atoms with Gasteiger partial charge in [-0.1, -0.05) is 6.42 Å². The van der Waals surface area contributed by atoms with Gasteiger partial charge in [0, 0.05) is 12.8 Å². The van der Waals surface area contributed by atoms with Gasteiger partial charge in [0.25, 0.3) is 5.78 Å². The molecule has 18 heavy (non-hydrogen) atoms. The molecule has 6 heteroatoms. The summed E-state index contributed by atoms with van der Waals surface area (Å²) in [6.07, 6.45) is 1.97. The van der Waals surface area contributed by atoms with Crippen LogP contribution in [0.2, 0.25) is 0 Å². The van der Waals surface area contributed by atoms with Crippen molar-refractivity contribution in [2.24, 2.45) is 0 Å². The van der Waals surface area contributed by atoms with Crippen molar-refractivity contribution in [1.29, 1.82) is 0 Å². The molecule has 1 N–H and O–H groups in total. The number of carbonyl (C=O) groups is 2. The lowest BCUT2D eigenvalue weighted by molar-refractivity contribution is -0.200. The molecule has 100 valence electrons. The molecule has 2 heterocycles. The summed E-state index contributed by atoms with van der Waals surface area (Å²) in [5.41, 5.74) is 0. The highest BCUT2D eigenvalue weighted by Crippen LogP contribution is 2.39. The molecule has 3 aliphatic rings. The predicted octanol–water partition coefficient (Wildman–Crippen LogP) is -0.0824. The van der Waals surface area contributed by atoms with Gasteiger partial charge in [-0.2, -0.15) is 0 Å². The van der Waals surface area contributed by atoms with Crippen molar-refractivity contribution in [1.82, 2.24) is 0 Å². The fourth-order valence-corrected chi connectivity index (χ4v) is 2.89. The summed E-state index contributed by atoms with van der Waals surface area (Å²) in [7, 11) is 0. The van der Waals surface area contributed by atoms with E-state index in [2.05, 4.69) is 0 Å². The summed E-state index contributed by atoms with van der Waals surface area (Å²) in [6, 6.07) is 0. The largest absolute Gasteiger partial charge is 0.450 e. The van der Waals surface area contributed by atoms with E-state index in [1.165, 1.54) is 6.42 Å². The van der Waals surface area contributed by atoms with Crippen LogP contribution in [0.5, 0.6) is 0 Å². The van der Waals surface area contributed by atoms with E-state index in [9.17, 15) is 14.7 Å². The maximum absolute atomic E-state index is 11.2. The maximum atomic E-state index is 11.2. The molecule has 0 amide bonds. The Morgan fingerprint density at radius 1 is 1.17 bits per heavy atom. The van der Waals surface area contributed by atoms with E-state index in [1.807, 2.05) is 0 Å². The van der Waals surface area contributed by atoms with E-state index in [0.29, 0.717) is 0 Å². The second-order valence-corrected chi connectivity index (χ2v) is 5.12. The number of hydrogen-bond acceptors (Lipinski definition) is 6. The highest BCUT2D eigenvalue weighted by Gasteiger charge is 2.53. The highest BCUT2D eigenvalue weighted by atomic mass is 16.8. The van der Waals surface area contributed by atoms with E-state index in [1.54, 1.807) is 0 Å². The van der Waals surface area contributed by atoms with Crippen LogP contribution in [0.1, 0.15) is 32.1 Å². The smallest absolute Gasteiger partial charge is 0.378 e. The summed E-state index contributed by atoms with van der Waals surface area (Å²) in [5.74, 6) is -2.48. The first-order valence-electron chi connectivity index (χ1n) is 6.36. The van der Waals surface area contributed by atoms with Crippen molar-refractivity contribution in [3.63, 3.8) is 0 Å². The number of ketones is 1. The van der Waals surface area contributed by atoms with Gasteiger partial charge in [0.15, 0.2) is 18.0 Å². The van der Waals surface area contributed by atoms with Crippen molar-refractivity contribution < 1.29 is 28.9 Å². The van der Waals surface area contributed by atoms with Crippen molar-refractivity contribution in [3.8, 4) is 0 Å². The second-order valence-electron chi connectivity index (χ2n) is 5.12. The number of carbonyl (C=O) groups excluding carboxylic acids is 2. The van der Waals surface area contributed by atoms with Crippen LogP contribution in [0.4, 0.5) is 0 Å². The zero-order valence-corrected chi connectivity index (χ0v) is 9.96. The van der Waals surface area contributed by atoms with Gasteiger partial charge in [0.1, 0.15) is 6.10 Å². The van der Waals surface area contributed by atoms with Gasteiger partial charge in [-0.3, -0.25) is 4.79 Å². The zero-order valence-electron chi connectivity index (χ0n) is 9.96. The highest BCUT2D eigenvalue weighted by molar-refractivity contribution is 6.37. The van der Waals surface area contributed by atoms with E-state index in [4.69, 9.17) is 14.2 Å². The molecule has 2 aliphatic heterocycles. The Kier molecular flexibility index (Phi) is 2.88. The van der Waals surface area contributed by atoms with Crippen molar-refractivity contribution in [3.05, 3.63) is 0 Å². The van der Waals surface area contributed by atoms with Crippen LogP contribution in [-0.2, 0) is 23.8 Å². The quantitative estimate of drug-likeness (QED) is 0.522. The average Bonchev–Trinajstić information content (AvgIpc) is 2.88. The van der Waals surface area contributed by atoms with E-state index >= 15 is 0 Å². The monoisotopic (exact) mass is 256 g/mol. The van der Waals surface area contributed by atoms with Crippen LogP contribution in [0.3, 0.4) is 0 Å². The third-order valence-electron chi connectivity index (χ3n) is 3.88. The Bertz CT molecular complexity index is 373. The zero-order chi connectivity index (χ0) is 12.8. The fourth-order valence-electron chi connectivity index (χ4n) is 2.89. The molecule has 1 aliphatic carbocycles. The fraction of sp³-hybridized carbons (Fsp3) is 0.833.